The smallest absolute Gasteiger partial charge is 0.309 e. The molecule has 1 aliphatic rings. The zero-order valence-electron chi connectivity index (χ0n) is 10.2. The summed E-state index contributed by atoms with van der Waals surface area (Å²) in [6.07, 6.45) is 3.92. The summed E-state index contributed by atoms with van der Waals surface area (Å²) < 4.78 is 5.41. The number of hydrogen-bond acceptors (Lipinski definition) is 2. The van der Waals surface area contributed by atoms with Crippen LogP contribution in [0.15, 0.2) is 12.7 Å². The van der Waals surface area contributed by atoms with Gasteiger partial charge in [-0.2, -0.15) is 0 Å². The molecule has 0 N–H and O–H groups in total. The van der Waals surface area contributed by atoms with Crippen LogP contribution >= 0.6 is 0 Å². The Hall–Kier alpha value is -0.790. The Morgan fingerprint density at radius 2 is 2.00 bits per heavy atom. The number of esters is 1. The van der Waals surface area contributed by atoms with Crippen molar-refractivity contribution in [3.05, 3.63) is 12.7 Å². The molecule has 0 aromatic rings. The number of carbonyl (C=O) groups is 1. The minimum atomic E-state index is -0.372. The summed E-state index contributed by atoms with van der Waals surface area (Å²) >= 11 is 0. The van der Waals surface area contributed by atoms with Crippen LogP contribution in [0.1, 0.15) is 40.5 Å². The highest BCUT2D eigenvalue weighted by Gasteiger charge is 2.37. The topological polar surface area (TPSA) is 26.3 Å². The summed E-state index contributed by atoms with van der Waals surface area (Å²) in [7, 11) is 0. The fourth-order valence-electron chi connectivity index (χ4n) is 2.19. The molecule has 2 heteroatoms. The van der Waals surface area contributed by atoms with Gasteiger partial charge in [0, 0.05) is 0 Å². The van der Waals surface area contributed by atoms with E-state index in [-0.39, 0.29) is 17.5 Å². The molecule has 0 radical (unpaired) electrons. The summed E-state index contributed by atoms with van der Waals surface area (Å²) in [5.74, 6) is 0.923. The van der Waals surface area contributed by atoms with Crippen LogP contribution in [0.5, 0.6) is 0 Å². The predicted molar refractivity (Wildman–Crippen MR) is 61.4 cm³/mol. The van der Waals surface area contributed by atoms with E-state index in [0.717, 1.165) is 12.8 Å². The predicted octanol–water partition coefficient (Wildman–Crippen LogP) is 3.18. The van der Waals surface area contributed by atoms with Gasteiger partial charge in [0.15, 0.2) is 0 Å². The molecule has 1 fully saturated rings. The molecular formula is C13H22O2. The summed E-state index contributed by atoms with van der Waals surface area (Å²) in [5, 5.41) is 0. The van der Waals surface area contributed by atoms with Crippen LogP contribution in [0.3, 0.4) is 0 Å². The Morgan fingerprint density at radius 1 is 1.40 bits per heavy atom. The second-order valence-corrected chi connectivity index (χ2v) is 5.58. The van der Waals surface area contributed by atoms with E-state index in [1.807, 2.05) is 26.8 Å². The van der Waals surface area contributed by atoms with E-state index in [4.69, 9.17) is 4.74 Å². The zero-order valence-corrected chi connectivity index (χ0v) is 10.2. The fraction of sp³-hybridized carbons (Fsp3) is 0.769. The molecule has 1 rings (SSSR count). The average Bonchev–Trinajstić information content (AvgIpc) is 2.43. The Labute approximate surface area is 92.7 Å². The Bertz CT molecular complexity index is 250. The third-order valence-corrected chi connectivity index (χ3v) is 2.96. The van der Waals surface area contributed by atoms with E-state index in [1.165, 1.54) is 0 Å². The first-order valence-corrected chi connectivity index (χ1v) is 5.69. The quantitative estimate of drug-likeness (QED) is 0.517. The van der Waals surface area contributed by atoms with Crippen LogP contribution in [-0.2, 0) is 9.53 Å². The van der Waals surface area contributed by atoms with E-state index in [2.05, 4.69) is 13.5 Å². The summed E-state index contributed by atoms with van der Waals surface area (Å²) in [5.41, 5.74) is -0.372. The van der Waals surface area contributed by atoms with E-state index < -0.39 is 0 Å². The molecule has 86 valence electrons. The van der Waals surface area contributed by atoms with Gasteiger partial charge in [0.1, 0.15) is 5.60 Å². The molecule has 0 aliphatic heterocycles. The average molecular weight is 210 g/mol. The van der Waals surface area contributed by atoms with E-state index >= 15 is 0 Å². The monoisotopic (exact) mass is 210 g/mol. The maximum absolute atomic E-state index is 11.9. The van der Waals surface area contributed by atoms with Crippen molar-refractivity contribution in [2.24, 2.45) is 17.8 Å². The van der Waals surface area contributed by atoms with Gasteiger partial charge in [0.2, 0.25) is 0 Å². The molecule has 0 bridgehead atoms. The molecule has 1 aliphatic carbocycles. The van der Waals surface area contributed by atoms with Crippen LogP contribution in [0.4, 0.5) is 0 Å². The molecule has 0 spiro atoms. The highest BCUT2D eigenvalue weighted by atomic mass is 16.6. The van der Waals surface area contributed by atoms with Crippen molar-refractivity contribution in [3.63, 3.8) is 0 Å². The highest BCUT2D eigenvalue weighted by molar-refractivity contribution is 5.73. The Kier molecular flexibility index (Phi) is 3.58. The van der Waals surface area contributed by atoms with Gasteiger partial charge in [-0.15, -0.1) is 6.58 Å². The lowest BCUT2D eigenvalue weighted by Gasteiger charge is -2.23. The SMILES string of the molecule is C=CC1CC(C)C(C(=O)OC(C)(C)C)C1. The molecule has 2 nitrogen and oxygen atoms in total. The molecule has 1 saturated carbocycles. The van der Waals surface area contributed by atoms with Gasteiger partial charge < -0.3 is 4.74 Å². The maximum atomic E-state index is 11.9. The number of rotatable bonds is 2. The molecular weight excluding hydrogens is 188 g/mol. The first-order chi connectivity index (χ1) is 6.83. The normalized spacial score (nSPS) is 31.3. The second kappa shape index (κ2) is 4.38. The highest BCUT2D eigenvalue weighted by Crippen LogP contribution is 2.37. The minimum Gasteiger partial charge on any atom is -0.460 e. The van der Waals surface area contributed by atoms with Crippen LogP contribution in [0, 0.1) is 17.8 Å². The van der Waals surface area contributed by atoms with Crippen LogP contribution in [-0.4, -0.2) is 11.6 Å². The number of ether oxygens (including phenoxy) is 1. The third kappa shape index (κ3) is 3.37. The maximum Gasteiger partial charge on any atom is 0.309 e. The van der Waals surface area contributed by atoms with Crippen LogP contribution in [0.2, 0.25) is 0 Å². The second-order valence-electron chi connectivity index (χ2n) is 5.58. The van der Waals surface area contributed by atoms with Crippen molar-refractivity contribution >= 4 is 5.97 Å². The summed E-state index contributed by atoms with van der Waals surface area (Å²) in [4.78, 5) is 11.9. The molecule has 0 heterocycles. The minimum absolute atomic E-state index is 0.0423. The third-order valence-electron chi connectivity index (χ3n) is 2.96. The molecule has 0 amide bonds. The van der Waals surface area contributed by atoms with Gasteiger partial charge in [-0.05, 0) is 45.4 Å². The molecule has 0 saturated heterocycles. The lowest BCUT2D eigenvalue weighted by atomic mass is 9.98. The van der Waals surface area contributed by atoms with Gasteiger partial charge in [0.25, 0.3) is 0 Å². The standard InChI is InChI=1S/C13H22O2/c1-6-10-7-9(2)11(8-10)12(14)15-13(3,4)5/h6,9-11H,1,7-8H2,2-5H3. The molecule has 0 aromatic heterocycles. The first-order valence-electron chi connectivity index (χ1n) is 5.69. The molecule has 3 atom stereocenters. The first kappa shape index (κ1) is 12.3. The van der Waals surface area contributed by atoms with Gasteiger partial charge in [-0.1, -0.05) is 13.0 Å². The fourth-order valence-corrected chi connectivity index (χ4v) is 2.19. The summed E-state index contributed by atoms with van der Waals surface area (Å²) in [6, 6.07) is 0. The lowest BCUT2D eigenvalue weighted by Crippen LogP contribution is -2.29. The van der Waals surface area contributed by atoms with Crippen molar-refractivity contribution in [1.82, 2.24) is 0 Å². The van der Waals surface area contributed by atoms with Gasteiger partial charge in [-0.3, -0.25) is 4.79 Å². The zero-order chi connectivity index (χ0) is 11.6. The Morgan fingerprint density at radius 3 is 2.40 bits per heavy atom. The van der Waals surface area contributed by atoms with Crippen LogP contribution < -0.4 is 0 Å². The van der Waals surface area contributed by atoms with Crippen molar-refractivity contribution in [2.45, 2.75) is 46.1 Å². The van der Waals surface area contributed by atoms with E-state index in [0.29, 0.717) is 11.8 Å². The number of hydrogen-bond donors (Lipinski definition) is 0. The van der Waals surface area contributed by atoms with E-state index in [9.17, 15) is 4.79 Å². The van der Waals surface area contributed by atoms with Gasteiger partial charge in [0.05, 0.1) is 5.92 Å². The van der Waals surface area contributed by atoms with Crippen molar-refractivity contribution in [3.8, 4) is 0 Å². The number of carbonyl (C=O) groups excluding carboxylic acids is 1. The van der Waals surface area contributed by atoms with Gasteiger partial charge >= 0.3 is 5.97 Å². The molecule has 3 unspecified atom stereocenters. The molecule has 0 aromatic carbocycles. The Balaban J connectivity index is 2.57. The van der Waals surface area contributed by atoms with Crippen molar-refractivity contribution in [1.29, 1.82) is 0 Å². The van der Waals surface area contributed by atoms with Crippen molar-refractivity contribution < 1.29 is 9.53 Å². The van der Waals surface area contributed by atoms with Crippen molar-refractivity contribution in [2.75, 3.05) is 0 Å². The van der Waals surface area contributed by atoms with Crippen LogP contribution in [0.25, 0.3) is 0 Å². The lowest BCUT2D eigenvalue weighted by molar-refractivity contribution is -0.161. The largest absolute Gasteiger partial charge is 0.460 e. The summed E-state index contributed by atoms with van der Waals surface area (Å²) in [6.45, 7) is 11.7. The van der Waals surface area contributed by atoms with Gasteiger partial charge in [-0.25, -0.2) is 0 Å². The molecule has 15 heavy (non-hydrogen) atoms. The van der Waals surface area contributed by atoms with E-state index in [1.54, 1.807) is 0 Å². The number of allylic oxidation sites excluding steroid dienone is 1.